The molecule has 1 aliphatic rings. The summed E-state index contributed by atoms with van der Waals surface area (Å²) in [4.78, 5) is 15.3. The first kappa shape index (κ1) is 25.2. The maximum atomic E-state index is 13.2. The fraction of sp³-hybridized carbons (Fsp3) is 0.458. The second kappa shape index (κ2) is 11.6. The first-order valence-corrected chi connectivity index (χ1v) is 12.7. The second-order valence-electron chi connectivity index (χ2n) is 7.74. The van der Waals surface area contributed by atoms with Crippen molar-refractivity contribution < 1.29 is 22.7 Å². The highest BCUT2D eigenvalue weighted by atomic mass is 32.2. The number of amides is 1. The number of methoxy groups -OCH3 is 1. The number of carbonyl (C=O) groups excluding carboxylic acids is 1. The molecular formula is C24H33N3O5S. The van der Waals surface area contributed by atoms with Crippen molar-refractivity contribution in [2.24, 2.45) is 0 Å². The Morgan fingerprint density at radius 3 is 2.39 bits per heavy atom. The van der Waals surface area contributed by atoms with Crippen LogP contribution in [-0.2, 0) is 14.8 Å². The van der Waals surface area contributed by atoms with E-state index in [9.17, 15) is 13.2 Å². The van der Waals surface area contributed by atoms with Gasteiger partial charge in [0.15, 0.2) is 0 Å². The number of likely N-dealkylation sites (N-methyl/N-ethyl adjacent to an activating group) is 1. The predicted octanol–water partition coefficient (Wildman–Crippen LogP) is 2.53. The molecule has 1 atom stereocenters. The zero-order chi connectivity index (χ0) is 23.8. The van der Waals surface area contributed by atoms with E-state index >= 15 is 0 Å². The number of nitrogens with zero attached hydrogens (tertiary/aromatic N) is 2. The van der Waals surface area contributed by atoms with Gasteiger partial charge < -0.3 is 14.8 Å². The van der Waals surface area contributed by atoms with Crippen LogP contribution in [0, 0.1) is 0 Å². The molecule has 0 spiro atoms. The molecule has 3 rings (SSSR count). The van der Waals surface area contributed by atoms with E-state index in [2.05, 4.69) is 36.2 Å². The average molecular weight is 476 g/mol. The van der Waals surface area contributed by atoms with E-state index in [-0.39, 0.29) is 41.2 Å². The Bertz CT molecular complexity index is 1020. The minimum Gasteiger partial charge on any atom is -0.495 e. The molecular weight excluding hydrogens is 442 g/mol. The van der Waals surface area contributed by atoms with Crippen molar-refractivity contribution in [2.45, 2.75) is 24.8 Å². The third kappa shape index (κ3) is 5.92. The van der Waals surface area contributed by atoms with Crippen LogP contribution < -0.4 is 10.1 Å². The van der Waals surface area contributed by atoms with Gasteiger partial charge in [-0.1, -0.05) is 44.2 Å². The molecule has 2 aromatic rings. The van der Waals surface area contributed by atoms with Crippen molar-refractivity contribution in [1.82, 2.24) is 14.5 Å². The van der Waals surface area contributed by atoms with Crippen molar-refractivity contribution in [3.63, 3.8) is 0 Å². The Balaban J connectivity index is 1.82. The van der Waals surface area contributed by atoms with Gasteiger partial charge in [-0.25, -0.2) is 8.42 Å². The summed E-state index contributed by atoms with van der Waals surface area (Å²) < 4.78 is 38.4. The average Bonchev–Trinajstić information content (AvgIpc) is 2.87. The van der Waals surface area contributed by atoms with Gasteiger partial charge in [-0.2, -0.15) is 4.31 Å². The number of hydrogen-bond donors (Lipinski definition) is 1. The molecule has 33 heavy (non-hydrogen) atoms. The van der Waals surface area contributed by atoms with Crippen LogP contribution in [0.5, 0.6) is 5.75 Å². The lowest BCUT2D eigenvalue weighted by molar-refractivity contribution is 0.0729. The summed E-state index contributed by atoms with van der Waals surface area (Å²) >= 11 is 0. The summed E-state index contributed by atoms with van der Waals surface area (Å²) in [6, 6.07) is 14.6. The van der Waals surface area contributed by atoms with Gasteiger partial charge in [0.25, 0.3) is 5.91 Å². The van der Waals surface area contributed by atoms with Crippen LogP contribution >= 0.6 is 0 Å². The monoisotopic (exact) mass is 475 g/mol. The Morgan fingerprint density at radius 1 is 1.12 bits per heavy atom. The maximum absolute atomic E-state index is 13.2. The van der Waals surface area contributed by atoms with E-state index in [4.69, 9.17) is 9.47 Å². The number of hydrogen-bond acceptors (Lipinski definition) is 6. The van der Waals surface area contributed by atoms with Crippen LogP contribution in [0.25, 0.3) is 0 Å². The SMILES string of the molecule is CCN(CC)C(CNC(=O)c1ccc(OC)c(S(=O)(=O)N2CCOCC2)c1)c1ccccc1. The van der Waals surface area contributed by atoms with Crippen LogP contribution in [0.4, 0.5) is 0 Å². The summed E-state index contributed by atoms with van der Waals surface area (Å²) in [6.45, 7) is 7.49. The lowest BCUT2D eigenvalue weighted by Crippen LogP contribution is -2.41. The maximum Gasteiger partial charge on any atom is 0.251 e. The quantitative estimate of drug-likeness (QED) is 0.568. The summed E-state index contributed by atoms with van der Waals surface area (Å²) in [5.41, 5.74) is 1.39. The van der Waals surface area contributed by atoms with Crippen LogP contribution in [0.2, 0.25) is 0 Å². The molecule has 0 aliphatic carbocycles. The van der Waals surface area contributed by atoms with E-state index < -0.39 is 10.0 Å². The number of sulfonamides is 1. The zero-order valence-electron chi connectivity index (χ0n) is 19.5. The molecule has 1 unspecified atom stereocenters. The molecule has 1 fully saturated rings. The molecule has 2 aromatic carbocycles. The minimum atomic E-state index is -3.82. The number of rotatable bonds is 10. The third-order valence-electron chi connectivity index (χ3n) is 5.91. The van der Waals surface area contributed by atoms with Gasteiger partial charge in [-0.05, 0) is 36.9 Å². The van der Waals surface area contributed by atoms with E-state index in [0.29, 0.717) is 19.8 Å². The highest BCUT2D eigenvalue weighted by Crippen LogP contribution is 2.28. The summed E-state index contributed by atoms with van der Waals surface area (Å²) in [5, 5.41) is 2.99. The summed E-state index contributed by atoms with van der Waals surface area (Å²) in [5.74, 6) is -0.118. The van der Waals surface area contributed by atoms with Crippen LogP contribution in [0.15, 0.2) is 53.4 Å². The molecule has 0 aromatic heterocycles. The Labute approximate surface area is 196 Å². The largest absolute Gasteiger partial charge is 0.495 e. The molecule has 1 heterocycles. The molecule has 9 heteroatoms. The number of nitrogens with one attached hydrogen (secondary N) is 1. The predicted molar refractivity (Wildman–Crippen MR) is 127 cm³/mol. The van der Waals surface area contributed by atoms with Gasteiger partial charge in [0.1, 0.15) is 10.6 Å². The molecule has 1 amide bonds. The van der Waals surface area contributed by atoms with Gasteiger partial charge in [-0.3, -0.25) is 9.69 Å². The lowest BCUT2D eigenvalue weighted by atomic mass is 10.0. The Hall–Kier alpha value is -2.46. The van der Waals surface area contributed by atoms with Gasteiger partial charge >= 0.3 is 0 Å². The highest BCUT2D eigenvalue weighted by molar-refractivity contribution is 7.89. The van der Waals surface area contributed by atoms with Gasteiger partial charge in [0.2, 0.25) is 10.0 Å². The first-order valence-electron chi connectivity index (χ1n) is 11.3. The van der Waals surface area contributed by atoms with Crippen LogP contribution in [0.1, 0.15) is 35.8 Å². The summed E-state index contributed by atoms with van der Waals surface area (Å²) in [7, 11) is -2.40. The standard InChI is InChI=1S/C24H33N3O5S/c1-4-26(5-2)21(19-9-7-6-8-10-19)18-25-24(28)20-11-12-22(31-3)23(17-20)33(29,30)27-13-15-32-16-14-27/h6-12,17,21H,4-5,13-16,18H2,1-3H3,(H,25,28). The molecule has 0 bridgehead atoms. The van der Waals surface area contributed by atoms with Gasteiger partial charge in [0.05, 0.1) is 26.4 Å². The van der Waals surface area contributed by atoms with Gasteiger partial charge in [0, 0.05) is 25.2 Å². The zero-order valence-corrected chi connectivity index (χ0v) is 20.3. The normalized spacial score (nSPS) is 15.9. The van der Waals surface area contributed by atoms with Crippen molar-refractivity contribution in [2.75, 3.05) is 53.0 Å². The fourth-order valence-electron chi connectivity index (χ4n) is 4.03. The van der Waals surface area contributed by atoms with Crippen molar-refractivity contribution in [3.05, 3.63) is 59.7 Å². The third-order valence-corrected chi connectivity index (χ3v) is 7.83. The van der Waals surface area contributed by atoms with Gasteiger partial charge in [-0.15, -0.1) is 0 Å². The molecule has 180 valence electrons. The molecule has 1 aliphatic heterocycles. The first-order chi connectivity index (χ1) is 15.9. The molecule has 0 radical (unpaired) electrons. The van der Waals surface area contributed by atoms with Crippen molar-refractivity contribution in [3.8, 4) is 5.75 Å². The topological polar surface area (TPSA) is 88.2 Å². The number of morpholine rings is 1. The van der Waals surface area contributed by atoms with E-state index in [1.54, 1.807) is 6.07 Å². The van der Waals surface area contributed by atoms with E-state index in [1.165, 1.54) is 23.5 Å². The minimum absolute atomic E-state index is 0.0112. The van der Waals surface area contributed by atoms with Crippen molar-refractivity contribution in [1.29, 1.82) is 0 Å². The molecule has 8 nitrogen and oxygen atoms in total. The lowest BCUT2D eigenvalue weighted by Gasteiger charge is -2.30. The van der Waals surface area contributed by atoms with Crippen molar-refractivity contribution >= 4 is 15.9 Å². The smallest absolute Gasteiger partial charge is 0.251 e. The van der Waals surface area contributed by atoms with E-state index in [0.717, 1.165) is 18.7 Å². The summed E-state index contributed by atoms with van der Waals surface area (Å²) in [6.07, 6.45) is 0. The molecule has 1 saturated heterocycles. The number of ether oxygens (including phenoxy) is 2. The number of carbonyl (C=O) groups is 1. The van der Waals surface area contributed by atoms with E-state index in [1.807, 2.05) is 18.2 Å². The molecule has 1 N–H and O–H groups in total. The fourth-order valence-corrected chi connectivity index (χ4v) is 5.62. The van der Waals surface area contributed by atoms with Crippen LogP contribution in [-0.4, -0.2) is 76.6 Å². The Morgan fingerprint density at radius 2 is 1.79 bits per heavy atom. The highest BCUT2D eigenvalue weighted by Gasteiger charge is 2.30. The number of benzene rings is 2. The molecule has 0 saturated carbocycles. The Kier molecular flexibility index (Phi) is 8.85. The van der Waals surface area contributed by atoms with Crippen LogP contribution in [0.3, 0.4) is 0 Å². The second-order valence-corrected chi connectivity index (χ2v) is 9.65.